The van der Waals surface area contributed by atoms with Crippen molar-refractivity contribution in [3.8, 4) is 11.5 Å². The maximum absolute atomic E-state index is 11.9. The average molecular weight is 336 g/mol. The Hall–Kier alpha value is -2.64. The van der Waals surface area contributed by atoms with Crippen LogP contribution in [-0.4, -0.2) is 32.4 Å². The number of aromatic nitrogens is 1. The molecule has 0 aliphatic heterocycles. The van der Waals surface area contributed by atoms with Crippen molar-refractivity contribution in [1.29, 1.82) is 0 Å². The number of aliphatic hydroxyl groups excluding tert-OH is 1. The molecule has 0 atom stereocenters. The first-order valence-corrected chi connectivity index (χ1v) is 6.92. The van der Waals surface area contributed by atoms with Crippen LogP contribution in [0.25, 0.3) is 0 Å². The van der Waals surface area contributed by atoms with Gasteiger partial charge < -0.3 is 15.3 Å². The first-order valence-electron chi connectivity index (χ1n) is 6.54. The van der Waals surface area contributed by atoms with Gasteiger partial charge in [-0.25, -0.2) is 5.43 Å². The van der Waals surface area contributed by atoms with Gasteiger partial charge in [0.25, 0.3) is 5.91 Å². The van der Waals surface area contributed by atoms with E-state index in [4.69, 9.17) is 11.6 Å². The van der Waals surface area contributed by atoms with Gasteiger partial charge in [0, 0.05) is 22.3 Å². The Morgan fingerprint density at radius 3 is 2.83 bits per heavy atom. The maximum atomic E-state index is 11.9. The number of aromatic hydroxyl groups is 2. The zero-order valence-electron chi connectivity index (χ0n) is 12.1. The van der Waals surface area contributed by atoms with Crippen LogP contribution in [0.1, 0.15) is 27.2 Å². The fraction of sp³-hybridized carbons (Fsp3) is 0.133. The number of nitrogens with zero attached hydrogens (tertiary/aromatic N) is 2. The van der Waals surface area contributed by atoms with Crippen molar-refractivity contribution in [3.05, 3.63) is 51.8 Å². The van der Waals surface area contributed by atoms with Crippen LogP contribution in [0.15, 0.2) is 29.5 Å². The molecule has 120 valence electrons. The summed E-state index contributed by atoms with van der Waals surface area (Å²) in [5.74, 6) is -1.06. The molecule has 23 heavy (non-hydrogen) atoms. The van der Waals surface area contributed by atoms with Gasteiger partial charge in [-0.1, -0.05) is 11.6 Å². The number of rotatable bonds is 4. The number of benzene rings is 1. The summed E-state index contributed by atoms with van der Waals surface area (Å²) in [6, 6.07) is 4.06. The van der Waals surface area contributed by atoms with Crippen LogP contribution < -0.4 is 5.43 Å². The SMILES string of the molecule is Cc1ncc(CO)c(/C=N/NC(=O)c2ccc(Cl)cc2O)c1O. The molecule has 0 aliphatic carbocycles. The largest absolute Gasteiger partial charge is 0.507 e. The molecule has 7 nitrogen and oxygen atoms in total. The Morgan fingerprint density at radius 1 is 1.43 bits per heavy atom. The highest BCUT2D eigenvalue weighted by molar-refractivity contribution is 6.30. The fourth-order valence-corrected chi connectivity index (χ4v) is 2.00. The lowest BCUT2D eigenvalue weighted by Gasteiger charge is -2.07. The minimum Gasteiger partial charge on any atom is -0.507 e. The number of carbonyl (C=O) groups is 1. The number of carbonyl (C=O) groups excluding carboxylic acids is 1. The van der Waals surface area contributed by atoms with E-state index < -0.39 is 5.91 Å². The Morgan fingerprint density at radius 2 is 2.17 bits per heavy atom. The smallest absolute Gasteiger partial charge is 0.275 e. The topological polar surface area (TPSA) is 115 Å². The van der Waals surface area contributed by atoms with Crippen LogP contribution >= 0.6 is 11.6 Å². The number of aryl methyl sites for hydroxylation is 1. The number of pyridine rings is 1. The lowest BCUT2D eigenvalue weighted by atomic mass is 10.1. The highest BCUT2D eigenvalue weighted by Crippen LogP contribution is 2.23. The molecule has 1 amide bonds. The maximum Gasteiger partial charge on any atom is 0.275 e. The second-order valence-corrected chi connectivity index (χ2v) is 5.09. The van der Waals surface area contributed by atoms with Gasteiger partial charge in [0.05, 0.1) is 24.1 Å². The molecule has 1 heterocycles. The minimum absolute atomic E-state index is 0.00376. The highest BCUT2D eigenvalue weighted by atomic mass is 35.5. The summed E-state index contributed by atoms with van der Waals surface area (Å²) >= 11 is 5.69. The van der Waals surface area contributed by atoms with Crippen molar-refractivity contribution in [1.82, 2.24) is 10.4 Å². The first-order chi connectivity index (χ1) is 10.9. The molecule has 0 radical (unpaired) electrons. The predicted octanol–water partition coefficient (Wildman–Crippen LogP) is 1.71. The van der Waals surface area contributed by atoms with Crippen LogP contribution in [0.5, 0.6) is 11.5 Å². The van der Waals surface area contributed by atoms with Gasteiger partial charge in [-0.15, -0.1) is 0 Å². The number of hydrogen-bond acceptors (Lipinski definition) is 6. The van der Waals surface area contributed by atoms with Crippen LogP contribution in [-0.2, 0) is 6.61 Å². The third-order valence-electron chi connectivity index (χ3n) is 3.09. The van der Waals surface area contributed by atoms with Gasteiger partial charge in [0.15, 0.2) is 0 Å². The van der Waals surface area contributed by atoms with Crippen molar-refractivity contribution in [2.45, 2.75) is 13.5 Å². The number of halogens is 1. The van der Waals surface area contributed by atoms with E-state index >= 15 is 0 Å². The van der Waals surface area contributed by atoms with E-state index in [1.54, 1.807) is 6.92 Å². The molecule has 0 unspecified atom stereocenters. The Balaban J connectivity index is 2.19. The first kappa shape index (κ1) is 16.7. The van der Waals surface area contributed by atoms with Gasteiger partial charge in [-0.05, 0) is 25.1 Å². The number of aliphatic hydroxyl groups is 1. The molecule has 2 rings (SSSR count). The molecule has 1 aromatic heterocycles. The summed E-state index contributed by atoms with van der Waals surface area (Å²) in [5.41, 5.74) is 3.20. The summed E-state index contributed by atoms with van der Waals surface area (Å²) in [6.07, 6.45) is 2.60. The molecule has 0 spiro atoms. The van der Waals surface area contributed by atoms with Crippen molar-refractivity contribution >= 4 is 23.7 Å². The summed E-state index contributed by atoms with van der Waals surface area (Å²) in [6.45, 7) is 1.26. The Bertz CT molecular complexity index is 778. The molecular weight excluding hydrogens is 322 g/mol. The van der Waals surface area contributed by atoms with Crippen molar-refractivity contribution in [2.24, 2.45) is 5.10 Å². The standard InChI is InChI=1S/C15H14ClN3O4/c1-8-14(22)12(9(7-20)5-17-8)6-18-19-15(23)11-3-2-10(16)4-13(11)21/h2-6,20-22H,7H2,1H3,(H,19,23)/b18-6+. The van der Waals surface area contributed by atoms with Gasteiger partial charge in [0.2, 0.25) is 0 Å². The summed E-state index contributed by atoms with van der Waals surface area (Å²) in [7, 11) is 0. The number of amides is 1. The molecule has 1 aromatic carbocycles. The zero-order chi connectivity index (χ0) is 17.0. The second kappa shape index (κ2) is 7.08. The second-order valence-electron chi connectivity index (χ2n) is 4.65. The number of phenolic OH excluding ortho intramolecular Hbond substituents is 1. The van der Waals surface area contributed by atoms with Crippen LogP contribution in [0.4, 0.5) is 0 Å². The van der Waals surface area contributed by atoms with Crippen LogP contribution in [0.2, 0.25) is 5.02 Å². The molecule has 8 heteroatoms. The third-order valence-corrected chi connectivity index (χ3v) is 3.33. The molecule has 0 bridgehead atoms. The highest BCUT2D eigenvalue weighted by Gasteiger charge is 2.12. The number of hydrogen-bond donors (Lipinski definition) is 4. The van der Waals surface area contributed by atoms with Crippen LogP contribution in [0, 0.1) is 6.92 Å². The van der Waals surface area contributed by atoms with E-state index in [9.17, 15) is 20.1 Å². The molecule has 2 aromatic rings. The molecule has 0 aliphatic rings. The normalized spacial score (nSPS) is 10.9. The van der Waals surface area contributed by atoms with Gasteiger partial charge in [0.1, 0.15) is 11.5 Å². The predicted molar refractivity (Wildman–Crippen MR) is 84.7 cm³/mol. The van der Waals surface area contributed by atoms with Crippen molar-refractivity contribution < 1.29 is 20.1 Å². The van der Waals surface area contributed by atoms with Crippen molar-refractivity contribution in [3.63, 3.8) is 0 Å². The van der Waals surface area contributed by atoms with E-state index in [0.29, 0.717) is 16.3 Å². The van der Waals surface area contributed by atoms with E-state index in [1.807, 2.05) is 0 Å². The monoisotopic (exact) mass is 335 g/mol. The fourth-order valence-electron chi connectivity index (χ4n) is 1.83. The quantitative estimate of drug-likeness (QED) is 0.501. The van der Waals surface area contributed by atoms with E-state index in [0.717, 1.165) is 0 Å². The molecule has 4 N–H and O–H groups in total. The van der Waals surface area contributed by atoms with E-state index in [-0.39, 0.29) is 29.2 Å². The van der Waals surface area contributed by atoms with Crippen molar-refractivity contribution in [2.75, 3.05) is 0 Å². The van der Waals surface area contributed by atoms with E-state index in [2.05, 4.69) is 15.5 Å². The number of nitrogens with one attached hydrogen (secondary N) is 1. The number of phenols is 1. The van der Waals surface area contributed by atoms with E-state index in [1.165, 1.54) is 30.6 Å². The molecule has 0 fully saturated rings. The third kappa shape index (κ3) is 3.77. The molecular formula is C15H14ClN3O4. The van der Waals surface area contributed by atoms with Gasteiger partial charge >= 0.3 is 0 Å². The summed E-state index contributed by atoms with van der Waals surface area (Å²) in [5, 5.41) is 32.9. The van der Waals surface area contributed by atoms with Crippen LogP contribution in [0.3, 0.4) is 0 Å². The average Bonchev–Trinajstić information content (AvgIpc) is 2.51. The lowest BCUT2D eigenvalue weighted by molar-refractivity contribution is 0.0952. The minimum atomic E-state index is -0.647. The summed E-state index contributed by atoms with van der Waals surface area (Å²) < 4.78 is 0. The molecule has 0 saturated heterocycles. The summed E-state index contributed by atoms with van der Waals surface area (Å²) in [4.78, 5) is 15.8. The Kier molecular flexibility index (Phi) is 5.15. The number of hydrazone groups is 1. The van der Waals surface area contributed by atoms with Gasteiger partial charge in [-0.3, -0.25) is 9.78 Å². The zero-order valence-corrected chi connectivity index (χ0v) is 12.9. The molecule has 0 saturated carbocycles. The van der Waals surface area contributed by atoms with Gasteiger partial charge in [-0.2, -0.15) is 5.10 Å². The lowest BCUT2D eigenvalue weighted by Crippen LogP contribution is -2.18. The Labute approximate surface area is 136 Å².